The first-order chi connectivity index (χ1) is 16.1. The largest absolute Gasteiger partial charge is 0.493 e. The van der Waals surface area contributed by atoms with Crippen LogP contribution in [0.1, 0.15) is 22.2 Å². The van der Waals surface area contributed by atoms with Gasteiger partial charge in [0, 0.05) is 18.5 Å². The minimum absolute atomic E-state index is 0.241. The summed E-state index contributed by atoms with van der Waals surface area (Å²) in [5.41, 5.74) is 0.638. The van der Waals surface area contributed by atoms with E-state index in [0.29, 0.717) is 53.3 Å². The molecule has 172 valence electrons. The Bertz CT molecular complexity index is 1160. The van der Waals surface area contributed by atoms with Gasteiger partial charge in [0.2, 0.25) is 17.5 Å². The van der Waals surface area contributed by atoms with E-state index in [1.165, 1.54) is 27.6 Å². The lowest BCUT2D eigenvalue weighted by Crippen LogP contribution is -2.32. The molecule has 0 N–H and O–H groups in total. The maximum absolute atomic E-state index is 12.9. The van der Waals surface area contributed by atoms with Gasteiger partial charge in [-0.25, -0.2) is 0 Å². The van der Waals surface area contributed by atoms with Crippen LogP contribution in [0.2, 0.25) is 0 Å². The van der Waals surface area contributed by atoms with Crippen LogP contribution in [0.25, 0.3) is 11.4 Å². The number of furan rings is 2. The van der Waals surface area contributed by atoms with Gasteiger partial charge in [-0.2, -0.15) is 4.98 Å². The quantitative estimate of drug-likeness (QED) is 0.353. The van der Waals surface area contributed by atoms with Gasteiger partial charge in [-0.1, -0.05) is 5.16 Å². The lowest BCUT2D eigenvalue weighted by Gasteiger charge is -2.19. The minimum Gasteiger partial charge on any atom is -0.493 e. The summed E-state index contributed by atoms with van der Waals surface area (Å²) in [6.07, 6.45) is 3.36. The molecule has 4 aromatic rings. The first-order valence-electron chi connectivity index (χ1n) is 10.1. The van der Waals surface area contributed by atoms with E-state index in [-0.39, 0.29) is 18.2 Å². The van der Waals surface area contributed by atoms with Crippen molar-refractivity contribution in [2.24, 2.45) is 0 Å². The maximum atomic E-state index is 12.9. The van der Waals surface area contributed by atoms with Gasteiger partial charge in [-0.3, -0.25) is 4.79 Å². The first-order valence-corrected chi connectivity index (χ1v) is 10.1. The molecule has 1 aromatic carbocycles. The van der Waals surface area contributed by atoms with Crippen LogP contribution in [-0.2, 0) is 13.0 Å². The molecular formula is C23H23N3O7. The maximum Gasteiger partial charge on any atom is 0.289 e. The molecule has 10 nitrogen and oxygen atoms in total. The second-order valence-electron chi connectivity index (χ2n) is 6.96. The molecule has 33 heavy (non-hydrogen) atoms. The molecule has 0 saturated carbocycles. The van der Waals surface area contributed by atoms with Gasteiger partial charge < -0.3 is 32.5 Å². The fourth-order valence-electron chi connectivity index (χ4n) is 3.31. The molecule has 0 spiro atoms. The highest BCUT2D eigenvalue weighted by molar-refractivity contribution is 5.91. The topological polar surface area (TPSA) is 113 Å². The minimum atomic E-state index is -0.263. The van der Waals surface area contributed by atoms with Gasteiger partial charge in [0.25, 0.3) is 5.91 Å². The van der Waals surface area contributed by atoms with E-state index in [0.717, 1.165) is 0 Å². The fraction of sp³-hybridized carbons (Fsp3) is 0.261. The molecule has 0 saturated heterocycles. The van der Waals surface area contributed by atoms with Crippen LogP contribution in [0, 0.1) is 0 Å². The van der Waals surface area contributed by atoms with Gasteiger partial charge in [0.05, 0.1) is 40.4 Å². The third kappa shape index (κ3) is 4.84. The van der Waals surface area contributed by atoms with Crippen LogP contribution in [0.3, 0.4) is 0 Å². The van der Waals surface area contributed by atoms with Crippen LogP contribution in [0.4, 0.5) is 0 Å². The first kappa shape index (κ1) is 22.0. The molecule has 3 heterocycles. The summed E-state index contributed by atoms with van der Waals surface area (Å²) in [6.45, 7) is 0.595. The van der Waals surface area contributed by atoms with E-state index in [4.69, 9.17) is 27.6 Å². The third-order valence-corrected chi connectivity index (χ3v) is 4.93. The van der Waals surface area contributed by atoms with Crippen molar-refractivity contribution >= 4 is 5.91 Å². The molecule has 4 rings (SSSR count). The normalized spacial score (nSPS) is 10.8. The van der Waals surface area contributed by atoms with E-state index < -0.39 is 0 Å². The Kier molecular flexibility index (Phi) is 6.63. The number of carbonyl (C=O) groups excluding carboxylic acids is 1. The van der Waals surface area contributed by atoms with E-state index in [2.05, 4.69) is 10.1 Å². The fourth-order valence-corrected chi connectivity index (χ4v) is 3.31. The molecule has 0 atom stereocenters. The highest BCUT2D eigenvalue weighted by Gasteiger charge is 2.22. The number of carbonyl (C=O) groups is 1. The molecule has 0 aliphatic rings. The molecule has 0 fully saturated rings. The van der Waals surface area contributed by atoms with Crippen LogP contribution in [0.15, 0.2) is 62.3 Å². The van der Waals surface area contributed by atoms with E-state index in [1.807, 2.05) is 0 Å². The van der Waals surface area contributed by atoms with Crippen molar-refractivity contribution in [2.45, 2.75) is 13.0 Å². The number of methoxy groups -OCH3 is 3. The zero-order valence-corrected chi connectivity index (χ0v) is 18.4. The summed E-state index contributed by atoms with van der Waals surface area (Å²) >= 11 is 0. The number of amides is 1. The predicted octanol–water partition coefficient (Wildman–Crippen LogP) is 3.83. The average Bonchev–Trinajstić information content (AvgIpc) is 3.63. The second-order valence-corrected chi connectivity index (χ2v) is 6.96. The van der Waals surface area contributed by atoms with Crippen molar-refractivity contribution in [3.63, 3.8) is 0 Å². The zero-order valence-electron chi connectivity index (χ0n) is 18.4. The Morgan fingerprint density at radius 1 is 1.00 bits per heavy atom. The predicted molar refractivity (Wildman–Crippen MR) is 115 cm³/mol. The Morgan fingerprint density at radius 2 is 1.73 bits per heavy atom. The van der Waals surface area contributed by atoms with Crippen LogP contribution >= 0.6 is 0 Å². The summed E-state index contributed by atoms with van der Waals surface area (Å²) in [5.74, 6) is 2.79. The number of hydrogen-bond acceptors (Lipinski definition) is 9. The number of ether oxygens (including phenoxy) is 3. The molecular weight excluding hydrogens is 430 g/mol. The summed E-state index contributed by atoms with van der Waals surface area (Å²) in [5, 5.41) is 4.06. The van der Waals surface area contributed by atoms with Crippen molar-refractivity contribution < 1.29 is 32.4 Å². The standard InChI is InChI=1S/C23H23N3O7/c1-28-18-12-15(13-19(29-2)21(18)30-3)22-24-20(33-25-22)8-9-26(14-16-6-4-10-31-16)23(27)17-7-5-11-32-17/h4-7,10-13H,8-9,14H2,1-3H3. The summed E-state index contributed by atoms with van der Waals surface area (Å²) in [4.78, 5) is 18.9. The summed E-state index contributed by atoms with van der Waals surface area (Å²) < 4.78 is 32.2. The molecule has 0 aliphatic carbocycles. The Labute approximate surface area is 189 Å². The number of nitrogens with zero attached hydrogens (tertiary/aromatic N) is 3. The van der Waals surface area contributed by atoms with Gasteiger partial charge in [0.15, 0.2) is 17.3 Å². The SMILES string of the molecule is COc1cc(-c2noc(CCN(Cc3ccco3)C(=O)c3ccco3)n2)cc(OC)c1OC. The van der Waals surface area contributed by atoms with Crippen LogP contribution < -0.4 is 14.2 Å². The molecule has 3 aromatic heterocycles. The zero-order chi connectivity index (χ0) is 23.2. The van der Waals surface area contributed by atoms with Gasteiger partial charge >= 0.3 is 0 Å². The smallest absolute Gasteiger partial charge is 0.289 e. The van der Waals surface area contributed by atoms with Crippen molar-refractivity contribution in [1.82, 2.24) is 15.0 Å². The Hall–Kier alpha value is -4.21. The summed E-state index contributed by atoms with van der Waals surface area (Å²) in [7, 11) is 4.60. The van der Waals surface area contributed by atoms with E-state index in [1.54, 1.807) is 47.6 Å². The molecule has 0 bridgehead atoms. The monoisotopic (exact) mass is 453 g/mol. The molecule has 10 heteroatoms. The van der Waals surface area contributed by atoms with Crippen LogP contribution in [0.5, 0.6) is 17.2 Å². The molecule has 0 radical (unpaired) electrons. The van der Waals surface area contributed by atoms with Crippen molar-refractivity contribution in [1.29, 1.82) is 0 Å². The second kappa shape index (κ2) is 9.94. The molecule has 1 amide bonds. The molecule has 0 unspecified atom stereocenters. The number of aromatic nitrogens is 2. The number of benzene rings is 1. The molecule has 0 aliphatic heterocycles. The summed E-state index contributed by atoms with van der Waals surface area (Å²) in [6, 6.07) is 10.3. The highest BCUT2D eigenvalue weighted by Crippen LogP contribution is 2.40. The average molecular weight is 453 g/mol. The third-order valence-electron chi connectivity index (χ3n) is 4.93. The Morgan fingerprint density at radius 3 is 2.33 bits per heavy atom. The number of hydrogen-bond donors (Lipinski definition) is 0. The van der Waals surface area contributed by atoms with Gasteiger partial charge in [0.1, 0.15) is 5.76 Å². The van der Waals surface area contributed by atoms with Crippen LogP contribution in [-0.4, -0.2) is 48.8 Å². The lowest BCUT2D eigenvalue weighted by atomic mass is 10.1. The van der Waals surface area contributed by atoms with E-state index >= 15 is 0 Å². The lowest BCUT2D eigenvalue weighted by molar-refractivity contribution is 0.0697. The van der Waals surface area contributed by atoms with Gasteiger partial charge in [-0.05, 0) is 36.4 Å². The highest BCUT2D eigenvalue weighted by atomic mass is 16.5. The van der Waals surface area contributed by atoms with Crippen molar-refractivity contribution in [3.8, 4) is 28.6 Å². The van der Waals surface area contributed by atoms with Gasteiger partial charge in [-0.15, -0.1) is 0 Å². The Balaban J connectivity index is 1.52. The van der Waals surface area contributed by atoms with Crippen molar-refractivity contribution in [2.75, 3.05) is 27.9 Å². The number of rotatable bonds is 10. The van der Waals surface area contributed by atoms with Crippen molar-refractivity contribution in [3.05, 3.63) is 66.3 Å². The van der Waals surface area contributed by atoms with E-state index in [9.17, 15) is 4.79 Å².